The highest BCUT2D eigenvalue weighted by molar-refractivity contribution is 7.22. The molecule has 2 aromatic carbocycles. The molecule has 1 N–H and O–H groups in total. The summed E-state index contributed by atoms with van der Waals surface area (Å²) >= 11 is 1.55. The van der Waals surface area contributed by atoms with E-state index in [1.165, 1.54) is 0 Å². The molecule has 0 aliphatic carbocycles. The van der Waals surface area contributed by atoms with E-state index in [1.54, 1.807) is 17.4 Å². The smallest absolute Gasteiger partial charge is 0.204 e. The van der Waals surface area contributed by atoms with Gasteiger partial charge in [-0.25, -0.2) is 9.37 Å². The van der Waals surface area contributed by atoms with E-state index >= 15 is 0 Å². The summed E-state index contributed by atoms with van der Waals surface area (Å²) in [6.45, 7) is 8.75. The Morgan fingerprint density at radius 3 is 2.68 bits per heavy atom. The molecular weight excluding hydrogens is 373 g/mol. The molecule has 0 atom stereocenters. The monoisotopic (exact) mass is 397 g/mol. The number of aromatic nitrogens is 1. The maximum Gasteiger partial charge on any atom is 0.204 e. The van der Waals surface area contributed by atoms with Crippen LogP contribution in [0.4, 0.5) is 15.2 Å². The molecule has 0 bridgehead atoms. The van der Waals surface area contributed by atoms with Gasteiger partial charge >= 0.3 is 0 Å². The number of piperazine rings is 1. The van der Waals surface area contributed by atoms with Crippen LogP contribution in [-0.2, 0) is 0 Å². The highest BCUT2D eigenvalue weighted by atomic mass is 32.1. The largest absolute Gasteiger partial charge is 0.367 e. The van der Waals surface area contributed by atoms with Crippen LogP contribution >= 0.6 is 11.3 Å². The van der Waals surface area contributed by atoms with Crippen LogP contribution < -0.4 is 10.3 Å². The van der Waals surface area contributed by atoms with Crippen molar-refractivity contribution in [2.75, 3.05) is 43.0 Å². The maximum absolute atomic E-state index is 14.7. The minimum atomic E-state index is -0.197. The van der Waals surface area contributed by atoms with E-state index in [4.69, 9.17) is 0 Å². The molecule has 1 aromatic heterocycles. The van der Waals surface area contributed by atoms with Crippen molar-refractivity contribution < 1.29 is 4.39 Å². The average molecular weight is 398 g/mol. The maximum atomic E-state index is 14.7. The summed E-state index contributed by atoms with van der Waals surface area (Å²) in [5, 5.41) is 5.12. The Bertz CT molecular complexity index is 958. The number of hydrogen-bond donors (Lipinski definition) is 1. The summed E-state index contributed by atoms with van der Waals surface area (Å²) in [5.74, 6) is -0.197. The lowest BCUT2D eigenvalue weighted by Gasteiger charge is -2.35. The van der Waals surface area contributed by atoms with Crippen LogP contribution in [0.3, 0.4) is 0 Å². The SMILES string of the molecule is CCN1CCN(c2ccc(/C(C)=N\Nc3nc4ccccc4s3)cc2F)CC1. The summed E-state index contributed by atoms with van der Waals surface area (Å²) in [7, 11) is 0. The standard InChI is InChI=1S/C21H24FN5S/c1-3-26-10-12-27(13-11-26)19-9-8-16(14-17(19)22)15(2)24-25-21-23-18-6-4-5-7-20(18)28-21/h4-9,14H,3,10-13H2,1-2H3,(H,23,25)/b24-15-. The molecule has 3 aromatic rings. The predicted octanol–water partition coefficient (Wildman–Crippen LogP) is 4.41. The fourth-order valence-corrected chi connectivity index (χ4v) is 4.22. The third-order valence-corrected chi connectivity index (χ3v) is 6.08. The number of likely N-dealkylation sites (N-methyl/N-ethyl adjacent to an activating group) is 1. The van der Waals surface area contributed by atoms with Crippen molar-refractivity contribution in [1.29, 1.82) is 0 Å². The van der Waals surface area contributed by atoms with Crippen LogP contribution in [0.25, 0.3) is 10.2 Å². The molecule has 0 radical (unpaired) electrons. The minimum absolute atomic E-state index is 0.197. The van der Waals surface area contributed by atoms with Crippen molar-refractivity contribution in [3.05, 3.63) is 53.8 Å². The second-order valence-electron chi connectivity index (χ2n) is 6.88. The summed E-state index contributed by atoms with van der Waals surface area (Å²) in [5.41, 5.74) is 6.10. The molecule has 0 spiro atoms. The Balaban J connectivity index is 1.46. The van der Waals surface area contributed by atoms with Crippen molar-refractivity contribution in [1.82, 2.24) is 9.88 Å². The predicted molar refractivity (Wildman–Crippen MR) is 116 cm³/mol. The van der Waals surface area contributed by atoms with E-state index in [0.717, 1.165) is 59.3 Å². The molecule has 1 aliphatic rings. The number of anilines is 2. The lowest BCUT2D eigenvalue weighted by atomic mass is 10.1. The van der Waals surface area contributed by atoms with Crippen LogP contribution in [0.1, 0.15) is 19.4 Å². The van der Waals surface area contributed by atoms with E-state index in [0.29, 0.717) is 5.69 Å². The zero-order valence-corrected chi connectivity index (χ0v) is 17.0. The van der Waals surface area contributed by atoms with Crippen LogP contribution in [0.15, 0.2) is 47.6 Å². The number of benzene rings is 2. The van der Waals surface area contributed by atoms with Crippen LogP contribution in [0.2, 0.25) is 0 Å². The number of fused-ring (bicyclic) bond motifs is 1. The van der Waals surface area contributed by atoms with Crippen molar-refractivity contribution in [2.45, 2.75) is 13.8 Å². The number of halogens is 1. The van der Waals surface area contributed by atoms with Gasteiger partial charge < -0.3 is 9.80 Å². The Labute approximate surface area is 168 Å². The molecule has 0 amide bonds. The third kappa shape index (κ3) is 4.00. The summed E-state index contributed by atoms with van der Waals surface area (Å²) < 4.78 is 15.8. The van der Waals surface area contributed by atoms with Gasteiger partial charge in [0.1, 0.15) is 5.82 Å². The number of nitrogens with zero attached hydrogens (tertiary/aromatic N) is 4. The van der Waals surface area contributed by atoms with Gasteiger partial charge in [-0.2, -0.15) is 5.10 Å². The number of hydrazone groups is 1. The van der Waals surface area contributed by atoms with E-state index in [1.807, 2.05) is 43.3 Å². The molecule has 0 saturated carbocycles. The number of thiazole rings is 1. The van der Waals surface area contributed by atoms with Crippen LogP contribution in [0, 0.1) is 5.82 Å². The Hall–Kier alpha value is -2.51. The normalized spacial score (nSPS) is 16.0. The molecule has 28 heavy (non-hydrogen) atoms. The van der Waals surface area contributed by atoms with Crippen LogP contribution in [0.5, 0.6) is 0 Å². The van der Waals surface area contributed by atoms with E-state index in [9.17, 15) is 4.39 Å². The first kappa shape index (κ1) is 18.8. The number of nitrogens with one attached hydrogen (secondary N) is 1. The lowest BCUT2D eigenvalue weighted by Crippen LogP contribution is -2.46. The van der Waals surface area contributed by atoms with Crippen LogP contribution in [-0.4, -0.2) is 48.3 Å². The number of hydrogen-bond acceptors (Lipinski definition) is 6. The molecule has 7 heteroatoms. The van der Waals surface area contributed by atoms with Gasteiger partial charge in [-0.05, 0) is 37.7 Å². The molecule has 1 saturated heterocycles. The van der Waals surface area contributed by atoms with Crippen molar-refractivity contribution in [3.8, 4) is 0 Å². The first-order valence-corrected chi connectivity index (χ1v) is 10.4. The second kappa shape index (κ2) is 8.24. The molecule has 1 fully saturated rings. The average Bonchev–Trinajstić information content (AvgIpc) is 3.15. The number of para-hydroxylation sites is 1. The van der Waals surface area contributed by atoms with Gasteiger partial charge in [0.25, 0.3) is 0 Å². The fraction of sp³-hybridized carbons (Fsp3) is 0.333. The van der Waals surface area contributed by atoms with Crippen molar-refractivity contribution >= 4 is 38.1 Å². The van der Waals surface area contributed by atoms with Gasteiger partial charge in [-0.3, -0.25) is 5.43 Å². The molecule has 5 nitrogen and oxygen atoms in total. The third-order valence-electron chi connectivity index (χ3n) is 5.14. The molecule has 1 aliphatic heterocycles. The van der Waals surface area contributed by atoms with Crippen molar-refractivity contribution in [3.63, 3.8) is 0 Å². The van der Waals surface area contributed by atoms with E-state index in [-0.39, 0.29) is 5.82 Å². The summed E-state index contributed by atoms with van der Waals surface area (Å²) in [6, 6.07) is 13.3. The van der Waals surface area contributed by atoms with Gasteiger partial charge in [0.15, 0.2) is 0 Å². The van der Waals surface area contributed by atoms with Gasteiger partial charge in [0.2, 0.25) is 5.13 Å². The van der Waals surface area contributed by atoms with Gasteiger partial charge in [-0.1, -0.05) is 36.5 Å². The first-order valence-electron chi connectivity index (χ1n) is 9.57. The summed E-state index contributed by atoms with van der Waals surface area (Å²) in [6.07, 6.45) is 0. The first-order chi connectivity index (χ1) is 13.6. The molecular formula is C21H24FN5S. The highest BCUT2D eigenvalue weighted by Gasteiger charge is 2.18. The number of rotatable bonds is 5. The lowest BCUT2D eigenvalue weighted by molar-refractivity contribution is 0.270. The van der Waals surface area contributed by atoms with Gasteiger partial charge in [-0.15, -0.1) is 0 Å². The molecule has 0 unspecified atom stereocenters. The fourth-order valence-electron chi connectivity index (χ4n) is 3.41. The highest BCUT2D eigenvalue weighted by Crippen LogP contribution is 2.26. The Morgan fingerprint density at radius 1 is 1.18 bits per heavy atom. The van der Waals surface area contributed by atoms with E-state index in [2.05, 4.69) is 32.2 Å². The quantitative estimate of drug-likeness (QED) is 0.511. The minimum Gasteiger partial charge on any atom is -0.367 e. The molecule has 4 rings (SSSR count). The van der Waals surface area contributed by atoms with Gasteiger partial charge in [0.05, 0.1) is 21.6 Å². The molecule has 146 valence electrons. The van der Waals surface area contributed by atoms with E-state index < -0.39 is 0 Å². The molecule has 2 heterocycles. The zero-order chi connectivity index (χ0) is 19.5. The Kier molecular flexibility index (Phi) is 5.54. The zero-order valence-electron chi connectivity index (χ0n) is 16.2. The second-order valence-corrected chi connectivity index (χ2v) is 7.91. The topological polar surface area (TPSA) is 43.8 Å². The Morgan fingerprint density at radius 2 is 1.96 bits per heavy atom. The van der Waals surface area contributed by atoms with Crippen molar-refractivity contribution in [2.24, 2.45) is 5.10 Å². The van der Waals surface area contributed by atoms with Gasteiger partial charge in [0, 0.05) is 31.7 Å². The summed E-state index contributed by atoms with van der Waals surface area (Å²) in [4.78, 5) is 9.00.